The number of anilines is 1. The van der Waals surface area contributed by atoms with E-state index in [0.29, 0.717) is 6.54 Å². The van der Waals surface area contributed by atoms with Gasteiger partial charge in [-0.3, -0.25) is 0 Å². The van der Waals surface area contributed by atoms with Gasteiger partial charge in [0.25, 0.3) is 0 Å². The lowest BCUT2D eigenvalue weighted by Gasteiger charge is -2.25. The molecule has 106 valence electrons. The molecule has 0 spiro atoms. The predicted octanol–water partition coefficient (Wildman–Crippen LogP) is 2.34. The van der Waals surface area contributed by atoms with Crippen molar-refractivity contribution in [1.82, 2.24) is 9.97 Å². The Morgan fingerprint density at radius 2 is 2.00 bits per heavy atom. The first kappa shape index (κ1) is 14.3. The molecule has 0 unspecified atom stereocenters. The van der Waals surface area contributed by atoms with Crippen molar-refractivity contribution in [2.75, 3.05) is 24.6 Å². The van der Waals surface area contributed by atoms with Gasteiger partial charge in [0.1, 0.15) is 12.1 Å². The number of aliphatic hydroxyl groups is 1. The number of unbranched alkanes of at least 4 members (excludes halogenated alkanes) is 1. The molecule has 0 aliphatic heterocycles. The topological polar surface area (TPSA) is 49.2 Å². The third-order valence-corrected chi connectivity index (χ3v) is 3.80. The quantitative estimate of drug-likeness (QED) is 0.800. The summed E-state index contributed by atoms with van der Waals surface area (Å²) in [6, 6.07) is 0. The molecule has 0 bridgehead atoms. The Balaban J connectivity index is 2.25. The van der Waals surface area contributed by atoms with Gasteiger partial charge in [-0.05, 0) is 32.1 Å². The fourth-order valence-electron chi connectivity index (χ4n) is 2.75. The molecule has 0 saturated heterocycles. The number of fused-ring (bicyclic) bond motifs is 1. The maximum absolute atomic E-state index is 9.27. The van der Waals surface area contributed by atoms with Crippen molar-refractivity contribution < 1.29 is 5.11 Å². The zero-order valence-corrected chi connectivity index (χ0v) is 11.9. The Labute approximate surface area is 115 Å². The molecule has 0 fully saturated rings. The van der Waals surface area contributed by atoms with Gasteiger partial charge in [0.2, 0.25) is 0 Å². The highest BCUT2D eigenvalue weighted by Crippen LogP contribution is 2.26. The van der Waals surface area contributed by atoms with Crippen LogP contribution in [0.5, 0.6) is 0 Å². The summed E-state index contributed by atoms with van der Waals surface area (Å²) in [5.41, 5.74) is 2.55. The van der Waals surface area contributed by atoms with E-state index in [-0.39, 0.29) is 6.61 Å². The van der Waals surface area contributed by atoms with E-state index in [1.165, 1.54) is 30.5 Å². The van der Waals surface area contributed by atoms with E-state index < -0.39 is 0 Å². The van der Waals surface area contributed by atoms with Crippen molar-refractivity contribution in [3.63, 3.8) is 0 Å². The van der Waals surface area contributed by atoms with E-state index in [1.807, 2.05) is 0 Å². The molecule has 1 aliphatic carbocycles. The lowest BCUT2D eigenvalue weighted by Crippen LogP contribution is -2.30. The second-order valence-corrected chi connectivity index (χ2v) is 5.25. The lowest BCUT2D eigenvalue weighted by atomic mass is 10.1. The first-order valence-corrected chi connectivity index (χ1v) is 7.55. The molecule has 4 nitrogen and oxygen atoms in total. The van der Waals surface area contributed by atoms with Gasteiger partial charge in [-0.15, -0.1) is 0 Å². The summed E-state index contributed by atoms with van der Waals surface area (Å²) in [6.45, 7) is 4.02. The minimum atomic E-state index is 0.183. The van der Waals surface area contributed by atoms with Crippen LogP contribution in [0.25, 0.3) is 0 Å². The highest BCUT2D eigenvalue weighted by molar-refractivity contribution is 5.49. The number of hydrogen-bond donors (Lipinski definition) is 1. The van der Waals surface area contributed by atoms with Crippen LogP contribution in [0, 0.1) is 0 Å². The van der Waals surface area contributed by atoms with Crippen LogP contribution in [0.1, 0.15) is 50.3 Å². The highest BCUT2D eigenvalue weighted by atomic mass is 16.3. The fourth-order valence-corrected chi connectivity index (χ4v) is 2.75. The number of hydrogen-bond acceptors (Lipinski definition) is 4. The maximum atomic E-state index is 9.27. The molecule has 19 heavy (non-hydrogen) atoms. The van der Waals surface area contributed by atoms with Gasteiger partial charge in [-0.2, -0.15) is 0 Å². The molecular formula is C15H25N3O. The summed E-state index contributed by atoms with van der Waals surface area (Å²) in [5, 5.41) is 9.27. The normalized spacial score (nSPS) is 14.8. The minimum absolute atomic E-state index is 0.183. The SMILES string of the molecule is CCCCN(CCO)c1ncnc2c1CCCCC2. The molecule has 0 aromatic carbocycles. The first-order valence-electron chi connectivity index (χ1n) is 7.55. The molecule has 0 radical (unpaired) electrons. The van der Waals surface area contributed by atoms with Crippen LogP contribution in [-0.4, -0.2) is 34.8 Å². The van der Waals surface area contributed by atoms with Gasteiger partial charge in [-0.25, -0.2) is 9.97 Å². The van der Waals surface area contributed by atoms with Crippen LogP contribution in [0.4, 0.5) is 5.82 Å². The molecule has 0 atom stereocenters. The van der Waals surface area contributed by atoms with Crippen molar-refractivity contribution in [2.45, 2.75) is 51.9 Å². The monoisotopic (exact) mass is 263 g/mol. The summed E-state index contributed by atoms with van der Waals surface area (Å²) >= 11 is 0. The first-order chi connectivity index (χ1) is 9.36. The van der Waals surface area contributed by atoms with Crippen molar-refractivity contribution in [3.8, 4) is 0 Å². The Hall–Kier alpha value is -1.16. The van der Waals surface area contributed by atoms with Gasteiger partial charge in [0, 0.05) is 24.3 Å². The number of aromatic nitrogens is 2. The zero-order valence-electron chi connectivity index (χ0n) is 11.9. The van der Waals surface area contributed by atoms with Crippen LogP contribution in [-0.2, 0) is 12.8 Å². The standard InChI is InChI=1S/C15H25N3O/c1-2-3-9-18(10-11-19)15-13-7-5-4-6-8-14(13)16-12-17-15/h12,19H,2-11H2,1H3. The summed E-state index contributed by atoms with van der Waals surface area (Å²) in [4.78, 5) is 11.2. The third kappa shape index (κ3) is 3.66. The molecule has 1 heterocycles. The molecule has 1 N–H and O–H groups in total. The predicted molar refractivity (Wildman–Crippen MR) is 77.5 cm³/mol. The molecule has 0 amide bonds. The average molecular weight is 263 g/mol. The minimum Gasteiger partial charge on any atom is -0.395 e. The van der Waals surface area contributed by atoms with Crippen molar-refractivity contribution in [1.29, 1.82) is 0 Å². The number of aliphatic hydroxyl groups excluding tert-OH is 1. The smallest absolute Gasteiger partial charge is 0.135 e. The van der Waals surface area contributed by atoms with E-state index in [1.54, 1.807) is 6.33 Å². The molecular weight excluding hydrogens is 238 g/mol. The van der Waals surface area contributed by atoms with Crippen molar-refractivity contribution >= 4 is 5.82 Å². The Morgan fingerprint density at radius 1 is 1.16 bits per heavy atom. The fraction of sp³-hybridized carbons (Fsp3) is 0.733. The second kappa shape index (κ2) is 7.43. The maximum Gasteiger partial charge on any atom is 0.135 e. The third-order valence-electron chi connectivity index (χ3n) is 3.80. The van der Waals surface area contributed by atoms with Gasteiger partial charge in [0.05, 0.1) is 6.61 Å². The summed E-state index contributed by atoms with van der Waals surface area (Å²) in [6.07, 6.45) is 9.90. The van der Waals surface area contributed by atoms with Gasteiger partial charge < -0.3 is 10.0 Å². The van der Waals surface area contributed by atoms with Crippen LogP contribution in [0.15, 0.2) is 6.33 Å². The van der Waals surface area contributed by atoms with E-state index in [2.05, 4.69) is 21.8 Å². The summed E-state index contributed by atoms with van der Waals surface area (Å²) in [7, 11) is 0. The van der Waals surface area contributed by atoms with Gasteiger partial charge in [-0.1, -0.05) is 19.8 Å². The van der Waals surface area contributed by atoms with Gasteiger partial charge in [0.15, 0.2) is 0 Å². The molecule has 4 heteroatoms. The largest absolute Gasteiger partial charge is 0.395 e. The molecule has 0 saturated carbocycles. The molecule has 2 rings (SSSR count). The van der Waals surface area contributed by atoms with E-state index >= 15 is 0 Å². The second-order valence-electron chi connectivity index (χ2n) is 5.25. The Morgan fingerprint density at radius 3 is 2.79 bits per heavy atom. The van der Waals surface area contributed by atoms with Crippen molar-refractivity contribution in [3.05, 3.63) is 17.6 Å². The highest BCUT2D eigenvalue weighted by Gasteiger charge is 2.18. The zero-order chi connectivity index (χ0) is 13.5. The van der Waals surface area contributed by atoms with E-state index in [4.69, 9.17) is 0 Å². The summed E-state index contributed by atoms with van der Waals surface area (Å²) in [5.74, 6) is 1.06. The van der Waals surface area contributed by atoms with E-state index in [9.17, 15) is 5.11 Å². The molecule has 1 aromatic heterocycles. The lowest BCUT2D eigenvalue weighted by molar-refractivity contribution is 0.301. The van der Waals surface area contributed by atoms with E-state index in [0.717, 1.165) is 38.0 Å². The van der Waals surface area contributed by atoms with Crippen molar-refractivity contribution in [2.24, 2.45) is 0 Å². The molecule has 1 aliphatic rings. The Kier molecular flexibility index (Phi) is 5.58. The van der Waals surface area contributed by atoms with Crippen LogP contribution < -0.4 is 4.90 Å². The summed E-state index contributed by atoms with van der Waals surface area (Å²) < 4.78 is 0. The Bertz CT molecular complexity index is 395. The number of nitrogens with zero attached hydrogens (tertiary/aromatic N) is 3. The number of aryl methyl sites for hydroxylation is 1. The average Bonchev–Trinajstić information content (AvgIpc) is 2.68. The van der Waals surface area contributed by atoms with Crippen LogP contribution in [0.2, 0.25) is 0 Å². The van der Waals surface area contributed by atoms with Crippen LogP contribution in [0.3, 0.4) is 0 Å². The van der Waals surface area contributed by atoms with Gasteiger partial charge >= 0.3 is 0 Å². The van der Waals surface area contributed by atoms with Crippen LogP contribution >= 0.6 is 0 Å². The molecule has 1 aromatic rings. The number of rotatable bonds is 6.